The van der Waals surface area contributed by atoms with Crippen LogP contribution in [0.3, 0.4) is 0 Å². The maximum absolute atomic E-state index is 14.5. The highest BCUT2D eigenvalue weighted by Gasteiger charge is 2.24. The van der Waals surface area contributed by atoms with Gasteiger partial charge in [0.15, 0.2) is 6.26 Å². The van der Waals surface area contributed by atoms with Crippen LogP contribution in [-0.4, -0.2) is 34.9 Å². The number of hydrogen-bond donors (Lipinski definition) is 2. The zero-order valence-corrected chi connectivity index (χ0v) is 19.9. The molecule has 3 aromatic rings. The average molecular weight is 509 g/mol. The fraction of sp³-hybridized carbons (Fsp3) is 0.222. The van der Waals surface area contributed by atoms with Gasteiger partial charge in [0.1, 0.15) is 23.7 Å². The summed E-state index contributed by atoms with van der Waals surface area (Å²) in [6.07, 6.45) is 2.72. The summed E-state index contributed by atoms with van der Waals surface area (Å²) in [6, 6.07) is 16.9. The molecule has 0 bridgehead atoms. The highest BCUT2D eigenvalue weighted by molar-refractivity contribution is 5.96. The number of nitrogens with one attached hydrogen (secondary N) is 1. The number of benzene rings is 2. The molecule has 4 rings (SSSR count). The normalized spacial score (nSPS) is 15.1. The lowest BCUT2D eigenvalue weighted by Crippen LogP contribution is -2.24. The summed E-state index contributed by atoms with van der Waals surface area (Å²) in [5.74, 6) is -2.60. The third kappa shape index (κ3) is 6.97. The Morgan fingerprint density at radius 2 is 1.97 bits per heavy atom. The molecule has 1 amide bonds. The molecule has 0 aliphatic carbocycles. The SMILES string of the molecule is C[C@@H](COc1ccc(CNC(=O)c2cccnc2OC2=COC(Cc3ccccc3)O2)c(F)c1)C(=O)O. The molecule has 9 nitrogen and oxygen atoms in total. The van der Waals surface area contributed by atoms with E-state index < -0.39 is 29.9 Å². The number of carbonyl (C=O) groups excluding carboxylic acids is 1. The molecule has 37 heavy (non-hydrogen) atoms. The van der Waals surface area contributed by atoms with E-state index in [1.807, 2.05) is 30.3 Å². The highest BCUT2D eigenvalue weighted by Crippen LogP contribution is 2.24. The molecule has 0 saturated heterocycles. The van der Waals surface area contributed by atoms with Gasteiger partial charge in [0.2, 0.25) is 12.2 Å². The first-order chi connectivity index (χ1) is 17.9. The number of rotatable bonds is 11. The molecule has 1 aromatic heterocycles. The second-order valence-electron chi connectivity index (χ2n) is 8.25. The molecule has 1 aliphatic rings. The number of aromatic nitrogens is 1. The molecule has 10 heteroatoms. The van der Waals surface area contributed by atoms with E-state index in [9.17, 15) is 14.0 Å². The number of carbonyl (C=O) groups is 2. The molecule has 0 spiro atoms. The highest BCUT2D eigenvalue weighted by atomic mass is 19.1. The summed E-state index contributed by atoms with van der Waals surface area (Å²) in [7, 11) is 0. The number of pyridine rings is 1. The van der Waals surface area contributed by atoms with Gasteiger partial charge in [-0.05, 0) is 30.7 Å². The van der Waals surface area contributed by atoms with Gasteiger partial charge in [-0.2, -0.15) is 0 Å². The van der Waals surface area contributed by atoms with E-state index in [2.05, 4.69) is 10.3 Å². The Kier molecular flexibility index (Phi) is 8.19. The van der Waals surface area contributed by atoms with Crippen molar-refractivity contribution < 1.29 is 38.0 Å². The van der Waals surface area contributed by atoms with Crippen molar-refractivity contribution in [2.24, 2.45) is 5.92 Å². The minimum Gasteiger partial charge on any atom is -0.493 e. The van der Waals surface area contributed by atoms with Crippen LogP contribution >= 0.6 is 0 Å². The number of ether oxygens (including phenoxy) is 4. The summed E-state index contributed by atoms with van der Waals surface area (Å²) < 4.78 is 36.6. The quantitative estimate of drug-likeness (QED) is 0.399. The van der Waals surface area contributed by atoms with Crippen molar-refractivity contribution in [1.29, 1.82) is 0 Å². The molecule has 0 fully saturated rings. The molecular weight excluding hydrogens is 483 g/mol. The maximum Gasteiger partial charge on any atom is 0.325 e. The fourth-order valence-electron chi connectivity index (χ4n) is 3.33. The lowest BCUT2D eigenvalue weighted by molar-refractivity contribution is -0.142. The average Bonchev–Trinajstić information content (AvgIpc) is 3.33. The van der Waals surface area contributed by atoms with Gasteiger partial charge in [-0.1, -0.05) is 36.4 Å². The van der Waals surface area contributed by atoms with E-state index in [0.717, 1.165) is 11.6 Å². The van der Waals surface area contributed by atoms with Crippen molar-refractivity contribution in [2.45, 2.75) is 26.2 Å². The molecule has 1 aliphatic heterocycles. The summed E-state index contributed by atoms with van der Waals surface area (Å²) in [5, 5.41) is 11.6. The van der Waals surface area contributed by atoms with Crippen LogP contribution in [0.5, 0.6) is 11.6 Å². The number of hydrogen-bond acceptors (Lipinski definition) is 7. The van der Waals surface area contributed by atoms with Crippen LogP contribution in [0.4, 0.5) is 4.39 Å². The molecule has 2 aromatic carbocycles. The molecule has 2 heterocycles. The fourth-order valence-corrected chi connectivity index (χ4v) is 3.33. The van der Waals surface area contributed by atoms with Gasteiger partial charge in [-0.3, -0.25) is 9.59 Å². The Hall–Kier alpha value is -4.60. The van der Waals surface area contributed by atoms with Crippen molar-refractivity contribution >= 4 is 11.9 Å². The number of nitrogens with zero attached hydrogens (tertiary/aromatic N) is 1. The van der Waals surface area contributed by atoms with Crippen molar-refractivity contribution in [2.75, 3.05) is 6.61 Å². The smallest absolute Gasteiger partial charge is 0.325 e. The third-order valence-electron chi connectivity index (χ3n) is 5.41. The zero-order valence-electron chi connectivity index (χ0n) is 19.9. The maximum atomic E-state index is 14.5. The largest absolute Gasteiger partial charge is 0.493 e. The second kappa shape index (κ2) is 11.9. The first-order valence-corrected chi connectivity index (χ1v) is 11.5. The first kappa shape index (κ1) is 25.5. The van der Waals surface area contributed by atoms with Gasteiger partial charge in [-0.15, -0.1) is 0 Å². The molecule has 0 saturated carbocycles. The van der Waals surface area contributed by atoms with Crippen LogP contribution in [0.2, 0.25) is 0 Å². The Bertz CT molecular complexity index is 1280. The number of carboxylic acid groups (broad SMARTS) is 1. The van der Waals surface area contributed by atoms with Crippen molar-refractivity contribution in [3.8, 4) is 11.6 Å². The second-order valence-corrected chi connectivity index (χ2v) is 8.25. The van der Waals surface area contributed by atoms with Crippen LogP contribution in [0, 0.1) is 11.7 Å². The van der Waals surface area contributed by atoms with Gasteiger partial charge in [0, 0.05) is 30.8 Å². The summed E-state index contributed by atoms with van der Waals surface area (Å²) in [5.41, 5.74) is 1.38. The lowest BCUT2D eigenvalue weighted by Gasteiger charge is -2.13. The van der Waals surface area contributed by atoms with E-state index in [1.165, 1.54) is 37.6 Å². The standard InChI is InChI=1S/C27H25FN2O7/c1-17(27(32)33)15-34-20-10-9-19(22(28)13-20)14-30-25(31)21-8-5-11-29-26(21)37-24-16-35-23(36-24)12-18-6-3-2-4-7-18/h2-11,13,16-17,23H,12,14-15H2,1H3,(H,30,31)(H,32,33)/t17-,23?/m0/s1. The van der Waals surface area contributed by atoms with E-state index in [1.54, 1.807) is 6.07 Å². The van der Waals surface area contributed by atoms with Gasteiger partial charge >= 0.3 is 11.9 Å². The number of carboxylic acids is 1. The van der Waals surface area contributed by atoms with E-state index in [0.29, 0.717) is 6.42 Å². The van der Waals surface area contributed by atoms with Crippen LogP contribution in [0.1, 0.15) is 28.4 Å². The predicted octanol–water partition coefficient (Wildman–Crippen LogP) is 4.04. The number of halogens is 1. The van der Waals surface area contributed by atoms with Gasteiger partial charge in [-0.25, -0.2) is 9.37 Å². The predicted molar refractivity (Wildman–Crippen MR) is 129 cm³/mol. The third-order valence-corrected chi connectivity index (χ3v) is 5.41. The summed E-state index contributed by atoms with van der Waals surface area (Å²) in [4.78, 5) is 27.8. The number of amides is 1. The van der Waals surface area contributed by atoms with Crippen LogP contribution in [0.15, 0.2) is 79.1 Å². The summed E-state index contributed by atoms with van der Waals surface area (Å²) >= 11 is 0. The van der Waals surface area contributed by atoms with Crippen molar-refractivity contribution in [3.05, 3.63) is 102 Å². The molecule has 1 unspecified atom stereocenters. The molecule has 2 N–H and O–H groups in total. The van der Waals surface area contributed by atoms with Crippen LogP contribution in [-0.2, 0) is 27.2 Å². The monoisotopic (exact) mass is 508 g/mol. The first-order valence-electron chi connectivity index (χ1n) is 11.5. The van der Waals surface area contributed by atoms with Crippen molar-refractivity contribution in [1.82, 2.24) is 10.3 Å². The van der Waals surface area contributed by atoms with E-state index in [4.69, 9.17) is 24.1 Å². The summed E-state index contributed by atoms with van der Waals surface area (Å²) in [6.45, 7) is 1.30. The molecule has 0 radical (unpaired) electrons. The van der Waals surface area contributed by atoms with E-state index >= 15 is 0 Å². The Labute approximate surface area is 212 Å². The van der Waals surface area contributed by atoms with Crippen molar-refractivity contribution in [3.63, 3.8) is 0 Å². The minimum atomic E-state index is -1.01. The van der Waals surface area contributed by atoms with Crippen LogP contribution < -0.4 is 14.8 Å². The minimum absolute atomic E-state index is 0.00646. The van der Waals surface area contributed by atoms with E-state index in [-0.39, 0.29) is 41.9 Å². The Morgan fingerprint density at radius 1 is 1.16 bits per heavy atom. The topological polar surface area (TPSA) is 116 Å². The van der Waals surface area contributed by atoms with Gasteiger partial charge < -0.3 is 29.4 Å². The Balaban J connectivity index is 1.32. The van der Waals surface area contributed by atoms with Crippen LogP contribution in [0.25, 0.3) is 0 Å². The van der Waals surface area contributed by atoms with Gasteiger partial charge in [0.05, 0.1) is 5.92 Å². The zero-order chi connectivity index (χ0) is 26.2. The molecular formula is C27H25FN2O7. The Morgan fingerprint density at radius 3 is 2.73 bits per heavy atom. The molecule has 192 valence electrons. The molecule has 2 atom stereocenters. The lowest BCUT2D eigenvalue weighted by atomic mass is 10.1. The van der Waals surface area contributed by atoms with Gasteiger partial charge in [0.25, 0.3) is 5.91 Å². The number of aliphatic carboxylic acids is 1.